The molecule has 0 radical (unpaired) electrons. The zero-order chi connectivity index (χ0) is 20.9. The fraction of sp³-hybridized carbons (Fsp3) is 0.174. The predicted octanol–water partition coefficient (Wildman–Crippen LogP) is 3.89. The van der Waals surface area contributed by atoms with Gasteiger partial charge in [0, 0.05) is 12.1 Å². The number of benzene rings is 3. The highest BCUT2D eigenvalue weighted by atomic mass is 32.2. The van der Waals surface area contributed by atoms with Crippen LogP contribution in [-0.2, 0) is 23.1 Å². The van der Waals surface area contributed by atoms with E-state index in [0.29, 0.717) is 17.8 Å². The number of aryl methyl sites for hydroxylation is 1. The lowest BCUT2D eigenvalue weighted by Gasteiger charge is -2.22. The Labute approximate surface area is 172 Å². The number of nitrogens with one attached hydrogen (secondary N) is 1. The van der Waals surface area contributed by atoms with Gasteiger partial charge in [-0.3, -0.25) is 9.10 Å². The predicted molar refractivity (Wildman–Crippen MR) is 116 cm³/mol. The highest BCUT2D eigenvalue weighted by Gasteiger charge is 2.18. The minimum absolute atomic E-state index is 0.200. The lowest BCUT2D eigenvalue weighted by Crippen LogP contribution is -2.29. The Morgan fingerprint density at radius 3 is 2.14 bits per heavy atom. The van der Waals surface area contributed by atoms with Gasteiger partial charge in [-0.05, 0) is 47.9 Å². The summed E-state index contributed by atoms with van der Waals surface area (Å²) in [7, 11) is -3.47. The second-order valence-corrected chi connectivity index (χ2v) is 8.82. The molecule has 5 nitrogen and oxygen atoms in total. The lowest BCUT2D eigenvalue weighted by molar-refractivity contribution is 0.0951. The zero-order valence-corrected chi connectivity index (χ0v) is 17.3. The van der Waals surface area contributed by atoms with Crippen molar-refractivity contribution in [3.05, 3.63) is 101 Å². The van der Waals surface area contributed by atoms with Crippen molar-refractivity contribution in [2.75, 3.05) is 10.6 Å². The first-order chi connectivity index (χ1) is 13.8. The third kappa shape index (κ3) is 5.45. The molecule has 6 heteroatoms. The normalized spacial score (nSPS) is 11.1. The largest absolute Gasteiger partial charge is 0.348 e. The van der Waals surface area contributed by atoms with E-state index >= 15 is 0 Å². The summed E-state index contributed by atoms with van der Waals surface area (Å²) in [4.78, 5) is 12.5. The zero-order valence-electron chi connectivity index (χ0n) is 16.5. The summed E-state index contributed by atoms with van der Waals surface area (Å²) in [6, 6.07) is 23.9. The molecule has 0 aromatic heterocycles. The Morgan fingerprint density at radius 1 is 0.897 bits per heavy atom. The molecule has 0 heterocycles. The number of anilines is 1. The van der Waals surface area contributed by atoms with Crippen LogP contribution in [0.2, 0.25) is 0 Å². The third-order valence-corrected chi connectivity index (χ3v) is 5.83. The standard InChI is InChI=1S/C23H24N2O3S/c1-18-8-6-7-11-21(18)16-24-23(26)20-12-14-22(15-13-20)25(29(2,27)28)17-19-9-4-3-5-10-19/h3-15H,16-17H2,1-2H3,(H,24,26). The molecule has 29 heavy (non-hydrogen) atoms. The van der Waals surface area contributed by atoms with Gasteiger partial charge in [-0.25, -0.2) is 8.42 Å². The van der Waals surface area contributed by atoms with Crippen molar-refractivity contribution >= 4 is 21.6 Å². The minimum atomic E-state index is -3.47. The van der Waals surface area contributed by atoms with Gasteiger partial charge in [-0.1, -0.05) is 54.6 Å². The molecular weight excluding hydrogens is 384 g/mol. The van der Waals surface area contributed by atoms with Crippen molar-refractivity contribution in [2.45, 2.75) is 20.0 Å². The van der Waals surface area contributed by atoms with Crippen LogP contribution >= 0.6 is 0 Å². The molecule has 3 rings (SSSR count). The number of rotatable bonds is 7. The molecule has 0 aliphatic rings. The van der Waals surface area contributed by atoms with E-state index in [1.807, 2.05) is 61.5 Å². The molecular formula is C23H24N2O3S. The summed E-state index contributed by atoms with van der Waals surface area (Å²) < 4.78 is 25.9. The number of hydrogen-bond acceptors (Lipinski definition) is 3. The summed E-state index contributed by atoms with van der Waals surface area (Å²) in [6.07, 6.45) is 1.18. The molecule has 0 saturated carbocycles. The van der Waals surface area contributed by atoms with Crippen LogP contribution in [0.5, 0.6) is 0 Å². The van der Waals surface area contributed by atoms with E-state index in [-0.39, 0.29) is 12.5 Å². The summed E-state index contributed by atoms with van der Waals surface area (Å²) in [5, 5.41) is 2.90. The summed E-state index contributed by atoms with van der Waals surface area (Å²) in [5.41, 5.74) is 4.07. The summed E-state index contributed by atoms with van der Waals surface area (Å²) >= 11 is 0. The average molecular weight is 409 g/mol. The maximum absolute atomic E-state index is 12.5. The second-order valence-electron chi connectivity index (χ2n) is 6.91. The van der Waals surface area contributed by atoms with Crippen molar-refractivity contribution in [3.8, 4) is 0 Å². The molecule has 150 valence electrons. The van der Waals surface area contributed by atoms with Crippen molar-refractivity contribution in [3.63, 3.8) is 0 Å². The third-order valence-electron chi connectivity index (χ3n) is 4.69. The van der Waals surface area contributed by atoms with E-state index < -0.39 is 10.0 Å². The molecule has 0 fully saturated rings. The van der Waals surface area contributed by atoms with Crippen LogP contribution in [0.4, 0.5) is 5.69 Å². The quantitative estimate of drug-likeness (QED) is 0.645. The van der Waals surface area contributed by atoms with Gasteiger partial charge in [-0.2, -0.15) is 0 Å². The molecule has 0 aliphatic heterocycles. The molecule has 3 aromatic carbocycles. The molecule has 0 atom stereocenters. The van der Waals surface area contributed by atoms with E-state index in [1.165, 1.54) is 10.6 Å². The van der Waals surface area contributed by atoms with Crippen molar-refractivity contribution in [1.82, 2.24) is 5.32 Å². The Kier molecular flexibility index (Phi) is 6.34. The first kappa shape index (κ1) is 20.6. The van der Waals surface area contributed by atoms with Crippen molar-refractivity contribution in [1.29, 1.82) is 0 Å². The first-order valence-electron chi connectivity index (χ1n) is 9.29. The highest BCUT2D eigenvalue weighted by molar-refractivity contribution is 7.92. The fourth-order valence-electron chi connectivity index (χ4n) is 3.01. The molecule has 1 amide bonds. The van der Waals surface area contributed by atoms with Gasteiger partial charge in [0.25, 0.3) is 5.91 Å². The first-order valence-corrected chi connectivity index (χ1v) is 11.1. The van der Waals surface area contributed by atoms with Crippen LogP contribution in [0, 0.1) is 6.92 Å². The minimum Gasteiger partial charge on any atom is -0.348 e. The van der Waals surface area contributed by atoms with Crippen LogP contribution in [0.3, 0.4) is 0 Å². The van der Waals surface area contributed by atoms with Crippen LogP contribution in [0.25, 0.3) is 0 Å². The van der Waals surface area contributed by atoms with E-state index in [1.54, 1.807) is 24.3 Å². The molecule has 3 aromatic rings. The van der Waals surface area contributed by atoms with Crippen LogP contribution in [-0.4, -0.2) is 20.6 Å². The Balaban J connectivity index is 1.73. The van der Waals surface area contributed by atoms with Crippen molar-refractivity contribution in [2.24, 2.45) is 0 Å². The topological polar surface area (TPSA) is 66.5 Å². The van der Waals surface area contributed by atoms with Gasteiger partial charge in [0.2, 0.25) is 10.0 Å². The average Bonchev–Trinajstić information content (AvgIpc) is 2.71. The van der Waals surface area contributed by atoms with E-state index in [4.69, 9.17) is 0 Å². The molecule has 0 bridgehead atoms. The Morgan fingerprint density at radius 2 is 1.52 bits per heavy atom. The SMILES string of the molecule is Cc1ccccc1CNC(=O)c1ccc(N(Cc2ccccc2)S(C)(=O)=O)cc1. The number of carbonyl (C=O) groups is 1. The number of nitrogens with zero attached hydrogens (tertiary/aromatic N) is 1. The van der Waals surface area contributed by atoms with E-state index in [2.05, 4.69) is 5.32 Å². The van der Waals surface area contributed by atoms with Gasteiger partial charge in [0.1, 0.15) is 0 Å². The second kappa shape index (κ2) is 8.92. The number of carbonyl (C=O) groups excluding carboxylic acids is 1. The van der Waals surface area contributed by atoms with Crippen LogP contribution in [0.15, 0.2) is 78.9 Å². The highest BCUT2D eigenvalue weighted by Crippen LogP contribution is 2.21. The van der Waals surface area contributed by atoms with Gasteiger partial charge in [0.05, 0.1) is 18.5 Å². The van der Waals surface area contributed by atoms with Gasteiger partial charge >= 0.3 is 0 Å². The maximum atomic E-state index is 12.5. The van der Waals surface area contributed by atoms with Crippen LogP contribution < -0.4 is 9.62 Å². The maximum Gasteiger partial charge on any atom is 0.251 e. The molecule has 0 aliphatic carbocycles. The van der Waals surface area contributed by atoms with E-state index in [9.17, 15) is 13.2 Å². The monoisotopic (exact) mass is 408 g/mol. The van der Waals surface area contributed by atoms with E-state index in [0.717, 1.165) is 16.7 Å². The van der Waals surface area contributed by atoms with Gasteiger partial charge in [0.15, 0.2) is 0 Å². The Bertz CT molecular complexity index is 1080. The van der Waals surface area contributed by atoms with Gasteiger partial charge < -0.3 is 5.32 Å². The smallest absolute Gasteiger partial charge is 0.251 e. The summed E-state index contributed by atoms with van der Waals surface area (Å²) in [5.74, 6) is -0.200. The number of hydrogen-bond donors (Lipinski definition) is 1. The lowest BCUT2D eigenvalue weighted by atomic mass is 10.1. The molecule has 0 saturated heterocycles. The molecule has 0 unspecified atom stereocenters. The molecule has 1 N–H and O–H groups in total. The Hall–Kier alpha value is -3.12. The fourth-order valence-corrected chi connectivity index (χ4v) is 3.90. The number of amides is 1. The summed E-state index contributed by atoms with van der Waals surface area (Å²) in [6.45, 7) is 2.68. The van der Waals surface area contributed by atoms with Crippen molar-refractivity contribution < 1.29 is 13.2 Å². The number of sulfonamides is 1. The van der Waals surface area contributed by atoms with Crippen LogP contribution in [0.1, 0.15) is 27.0 Å². The molecule has 0 spiro atoms. The van der Waals surface area contributed by atoms with Gasteiger partial charge in [-0.15, -0.1) is 0 Å².